The number of allylic oxidation sites excluding steroid dienone is 2. The molecule has 0 saturated carbocycles. The van der Waals surface area contributed by atoms with E-state index < -0.39 is 7.25 Å². The summed E-state index contributed by atoms with van der Waals surface area (Å²) in [6.45, 7) is 2.76. The average molecular weight is 279 g/mol. The number of aliphatic imine (C=N–C) groups is 1. The highest BCUT2D eigenvalue weighted by atomic mass is 19.5. The van der Waals surface area contributed by atoms with Gasteiger partial charge >= 0.3 is 13.0 Å². The minimum absolute atomic E-state index is 0.630. The molecule has 0 radical (unpaired) electrons. The van der Waals surface area contributed by atoms with E-state index in [2.05, 4.69) is 9.78 Å². The van der Waals surface area contributed by atoms with E-state index in [-0.39, 0.29) is 0 Å². The van der Waals surface area contributed by atoms with Crippen molar-refractivity contribution >= 4 is 19.2 Å². The maximum atomic E-state index is 9.75. The van der Waals surface area contributed by atoms with E-state index in [4.69, 9.17) is 11.3 Å². The fraction of sp³-hybridized carbons (Fsp3) is 0.600. The van der Waals surface area contributed by atoms with Gasteiger partial charge in [0.2, 0.25) is 0 Å². The van der Waals surface area contributed by atoms with Crippen LogP contribution < -0.4 is 5.73 Å². The third-order valence-electron chi connectivity index (χ3n) is 2.30. The summed E-state index contributed by atoms with van der Waals surface area (Å²) >= 11 is 0. The van der Waals surface area contributed by atoms with E-state index in [9.17, 15) is 17.3 Å². The molecule has 0 aromatic heterocycles. The van der Waals surface area contributed by atoms with Gasteiger partial charge in [0.1, 0.15) is 6.21 Å². The molecular formula is C10H16BF4N4-. The summed E-state index contributed by atoms with van der Waals surface area (Å²) in [5.74, 6) is 0. The molecule has 1 heterocycles. The van der Waals surface area contributed by atoms with Gasteiger partial charge in [-0.15, -0.1) is 0 Å². The summed E-state index contributed by atoms with van der Waals surface area (Å²) in [5.41, 5.74) is 16.9. The van der Waals surface area contributed by atoms with Gasteiger partial charge in [-0.25, -0.2) is 0 Å². The third kappa shape index (κ3) is 10.2. The van der Waals surface area contributed by atoms with Crippen LogP contribution in [0.25, 0.3) is 5.53 Å². The van der Waals surface area contributed by atoms with Gasteiger partial charge in [-0.3, -0.25) is 4.99 Å². The van der Waals surface area contributed by atoms with Crippen molar-refractivity contribution in [2.45, 2.75) is 32.6 Å². The Morgan fingerprint density at radius 2 is 1.95 bits per heavy atom. The summed E-state index contributed by atoms with van der Waals surface area (Å²) < 4.78 is 39.0. The molecule has 0 amide bonds. The van der Waals surface area contributed by atoms with Crippen molar-refractivity contribution in [3.63, 3.8) is 0 Å². The van der Waals surface area contributed by atoms with Crippen molar-refractivity contribution in [2.75, 3.05) is 6.54 Å². The highest BCUT2D eigenvalue weighted by Gasteiger charge is 2.20. The van der Waals surface area contributed by atoms with Crippen molar-refractivity contribution in [1.29, 1.82) is 0 Å². The number of unbranched alkanes of at least 4 members (excludes halogenated alkanes) is 1. The molecule has 0 unspecified atom stereocenters. The van der Waals surface area contributed by atoms with Crippen LogP contribution in [0.1, 0.15) is 32.6 Å². The summed E-state index contributed by atoms with van der Waals surface area (Å²) in [6, 6.07) is 0. The lowest BCUT2D eigenvalue weighted by Gasteiger charge is -2.08. The van der Waals surface area contributed by atoms with Gasteiger partial charge in [0.15, 0.2) is 0 Å². The smallest absolute Gasteiger partial charge is 0.418 e. The van der Waals surface area contributed by atoms with Crippen LogP contribution in [0, 0.1) is 0 Å². The first kappa shape index (κ1) is 17.5. The Balaban J connectivity index is 0.000000555. The zero-order chi connectivity index (χ0) is 14.9. The number of nitrogens with two attached hydrogens (primary N) is 1. The zero-order valence-corrected chi connectivity index (χ0v) is 10.6. The van der Waals surface area contributed by atoms with Crippen LogP contribution in [-0.4, -0.2) is 30.5 Å². The lowest BCUT2D eigenvalue weighted by atomic mass is 10.0. The van der Waals surface area contributed by atoms with Gasteiger partial charge in [0.25, 0.3) is 0 Å². The van der Waals surface area contributed by atoms with E-state index in [0.29, 0.717) is 12.1 Å². The minimum atomic E-state index is -6.00. The molecule has 0 aromatic carbocycles. The van der Waals surface area contributed by atoms with E-state index in [1.165, 1.54) is 5.57 Å². The Morgan fingerprint density at radius 3 is 2.37 bits per heavy atom. The number of hydrogen-bond acceptors (Lipinski definition) is 2. The molecule has 9 heteroatoms. The van der Waals surface area contributed by atoms with Crippen molar-refractivity contribution < 1.29 is 22.1 Å². The van der Waals surface area contributed by atoms with Crippen molar-refractivity contribution in [1.82, 2.24) is 0 Å². The maximum Gasteiger partial charge on any atom is 0.673 e. The summed E-state index contributed by atoms with van der Waals surface area (Å²) in [5, 5.41) is 0. The molecule has 0 aliphatic carbocycles. The Bertz CT molecular complexity index is 391. The predicted octanol–water partition coefficient (Wildman–Crippen LogP) is 2.83. The van der Waals surface area contributed by atoms with Crippen LogP contribution in [0.4, 0.5) is 17.3 Å². The molecule has 19 heavy (non-hydrogen) atoms. The standard InChI is InChI=1S/C10H16N4.BF4/c1-8-6-9(14-12)7-13-10(8)4-2-3-5-11;2-1(3,4)5/h7H,2-6,11H2,1H3;/q;-1. The molecule has 1 rings (SSSR count). The Labute approximate surface area is 109 Å². The van der Waals surface area contributed by atoms with Gasteiger partial charge in [-0.05, 0) is 38.3 Å². The van der Waals surface area contributed by atoms with Crippen molar-refractivity contribution in [2.24, 2.45) is 10.7 Å². The second-order valence-corrected chi connectivity index (χ2v) is 3.99. The number of nitrogens with zero attached hydrogens (tertiary/aromatic N) is 3. The summed E-state index contributed by atoms with van der Waals surface area (Å²) in [4.78, 5) is 7.40. The third-order valence-corrected chi connectivity index (χ3v) is 2.30. The molecular weight excluding hydrogens is 263 g/mol. The molecule has 0 aromatic rings. The maximum absolute atomic E-state index is 9.75. The van der Waals surface area contributed by atoms with Crippen molar-refractivity contribution in [3.05, 3.63) is 16.8 Å². The van der Waals surface area contributed by atoms with E-state index in [1.54, 1.807) is 6.21 Å². The molecule has 1 aliphatic heterocycles. The Morgan fingerprint density at radius 1 is 1.37 bits per heavy atom. The molecule has 0 fully saturated rings. The number of hydrogen-bond donors (Lipinski definition) is 1. The quantitative estimate of drug-likeness (QED) is 0.277. The monoisotopic (exact) mass is 279 g/mol. The van der Waals surface area contributed by atoms with E-state index in [0.717, 1.165) is 31.5 Å². The fourth-order valence-corrected chi connectivity index (χ4v) is 1.46. The Kier molecular flexibility index (Phi) is 7.94. The van der Waals surface area contributed by atoms with Gasteiger partial charge < -0.3 is 28.5 Å². The van der Waals surface area contributed by atoms with E-state index >= 15 is 0 Å². The van der Waals surface area contributed by atoms with Crippen LogP contribution in [0.15, 0.2) is 16.3 Å². The second-order valence-electron chi connectivity index (χ2n) is 3.99. The highest BCUT2D eigenvalue weighted by Crippen LogP contribution is 2.19. The van der Waals surface area contributed by atoms with Gasteiger partial charge in [-0.2, -0.15) is 4.79 Å². The molecule has 0 spiro atoms. The summed E-state index contributed by atoms with van der Waals surface area (Å²) in [6.07, 6.45) is 5.42. The predicted molar refractivity (Wildman–Crippen MR) is 67.5 cm³/mol. The van der Waals surface area contributed by atoms with Gasteiger partial charge in [-0.1, -0.05) is 0 Å². The van der Waals surface area contributed by atoms with E-state index in [1.807, 2.05) is 6.92 Å². The lowest BCUT2D eigenvalue weighted by molar-refractivity contribution is -0.00346. The zero-order valence-electron chi connectivity index (χ0n) is 10.6. The first-order valence-electron chi connectivity index (χ1n) is 5.79. The average Bonchev–Trinajstić information content (AvgIpc) is 2.29. The Hall–Kier alpha value is -1.47. The highest BCUT2D eigenvalue weighted by molar-refractivity contribution is 6.50. The first-order valence-corrected chi connectivity index (χ1v) is 5.79. The molecule has 0 saturated heterocycles. The molecule has 4 nitrogen and oxygen atoms in total. The minimum Gasteiger partial charge on any atom is -0.418 e. The van der Waals surface area contributed by atoms with Crippen LogP contribution in [0.3, 0.4) is 0 Å². The SMILES string of the molecule is CC1=C(CCCCN)N=CC(=[N+]=[N-])C1.F[B-](F)(F)F. The first-order chi connectivity index (χ1) is 8.77. The van der Waals surface area contributed by atoms with Crippen LogP contribution >= 0.6 is 0 Å². The second kappa shape index (κ2) is 8.60. The molecule has 0 atom stereocenters. The van der Waals surface area contributed by atoms with Crippen LogP contribution in [0.5, 0.6) is 0 Å². The van der Waals surface area contributed by atoms with Gasteiger partial charge in [0.05, 0.1) is 6.42 Å². The van der Waals surface area contributed by atoms with Gasteiger partial charge in [0, 0.05) is 5.70 Å². The number of halogens is 4. The van der Waals surface area contributed by atoms with Crippen LogP contribution in [-0.2, 0) is 0 Å². The number of rotatable bonds is 4. The molecule has 2 N–H and O–H groups in total. The lowest BCUT2D eigenvalue weighted by Crippen LogP contribution is -2.09. The fourth-order valence-electron chi connectivity index (χ4n) is 1.46. The molecule has 0 bridgehead atoms. The normalized spacial score (nSPS) is 14.9. The topological polar surface area (TPSA) is 74.8 Å². The largest absolute Gasteiger partial charge is 0.673 e. The summed E-state index contributed by atoms with van der Waals surface area (Å²) in [7, 11) is -6.00. The molecule has 108 valence electrons. The van der Waals surface area contributed by atoms with Crippen molar-refractivity contribution in [3.8, 4) is 0 Å². The molecule has 1 aliphatic rings. The van der Waals surface area contributed by atoms with Crippen LogP contribution in [0.2, 0.25) is 0 Å².